The number of rotatable bonds is 2. The van der Waals surface area contributed by atoms with E-state index in [0.29, 0.717) is 0 Å². The van der Waals surface area contributed by atoms with Crippen molar-refractivity contribution < 1.29 is 9.31 Å². The quantitative estimate of drug-likeness (QED) is 0.164. The van der Waals surface area contributed by atoms with Crippen LogP contribution >= 0.6 is 0 Å². The Labute approximate surface area is 240 Å². The molecular weight excluding hydrogens is 501 g/mol. The van der Waals surface area contributed by atoms with E-state index in [1.807, 2.05) is 0 Å². The summed E-state index contributed by atoms with van der Waals surface area (Å²) in [5.74, 6) is 0. The Morgan fingerprint density at radius 1 is 0.512 bits per heavy atom. The first-order valence-corrected chi connectivity index (χ1v) is 14.5. The van der Waals surface area contributed by atoms with Crippen molar-refractivity contribution in [3.8, 4) is 5.69 Å². The molecule has 0 bridgehead atoms. The van der Waals surface area contributed by atoms with Crippen LogP contribution in [0, 0.1) is 6.92 Å². The summed E-state index contributed by atoms with van der Waals surface area (Å²) in [4.78, 5) is 0. The minimum atomic E-state index is -0.395. The lowest BCUT2D eigenvalue weighted by molar-refractivity contribution is 0.00578. The van der Waals surface area contributed by atoms with Crippen LogP contribution < -0.4 is 5.46 Å². The third-order valence-corrected chi connectivity index (χ3v) is 9.46. The standard InChI is InChI=1S/C37H32BNO2/c1-23-14-18-34-32(20-23)33-21-24(38-40-36(2,3)37(4,5)41-38)15-19-35(33)39(34)25-16-17-30-28-12-7-6-10-26(28)27-11-8-9-13-29(27)31(30)22-25/h6-22H,1-5H3. The van der Waals surface area contributed by atoms with Gasteiger partial charge in [0, 0.05) is 16.5 Å². The number of aromatic nitrogens is 1. The summed E-state index contributed by atoms with van der Waals surface area (Å²) in [5.41, 5.74) is 5.06. The zero-order valence-electron chi connectivity index (χ0n) is 24.2. The van der Waals surface area contributed by atoms with Gasteiger partial charge in [0.1, 0.15) is 0 Å². The van der Waals surface area contributed by atoms with Crippen molar-refractivity contribution in [3.63, 3.8) is 0 Å². The van der Waals surface area contributed by atoms with Gasteiger partial charge in [-0.2, -0.15) is 0 Å². The smallest absolute Gasteiger partial charge is 0.399 e. The molecule has 1 fully saturated rings. The highest BCUT2D eigenvalue weighted by Gasteiger charge is 2.51. The minimum absolute atomic E-state index is 0.380. The Morgan fingerprint density at radius 2 is 1.02 bits per heavy atom. The summed E-state index contributed by atoms with van der Waals surface area (Å²) in [6, 6.07) is 37.9. The van der Waals surface area contributed by atoms with Gasteiger partial charge in [-0.15, -0.1) is 0 Å². The molecule has 3 nitrogen and oxygen atoms in total. The number of hydrogen-bond donors (Lipinski definition) is 0. The first kappa shape index (κ1) is 24.7. The fourth-order valence-electron chi connectivity index (χ4n) is 6.59. The molecule has 6 aromatic carbocycles. The molecule has 1 aromatic heterocycles. The maximum Gasteiger partial charge on any atom is 0.494 e. The maximum absolute atomic E-state index is 6.42. The fraction of sp³-hybridized carbons (Fsp3) is 0.189. The van der Waals surface area contributed by atoms with Gasteiger partial charge in [-0.05, 0) is 103 Å². The molecule has 0 saturated carbocycles. The Morgan fingerprint density at radius 3 is 1.63 bits per heavy atom. The highest BCUT2D eigenvalue weighted by Crippen LogP contribution is 2.40. The molecule has 0 aliphatic carbocycles. The van der Waals surface area contributed by atoms with Crippen molar-refractivity contribution in [2.45, 2.75) is 45.8 Å². The highest BCUT2D eigenvalue weighted by atomic mass is 16.7. The van der Waals surface area contributed by atoms with Crippen LogP contribution in [0.25, 0.3) is 59.8 Å². The van der Waals surface area contributed by atoms with E-state index in [0.717, 1.165) is 11.2 Å². The van der Waals surface area contributed by atoms with Crippen molar-refractivity contribution in [3.05, 3.63) is 109 Å². The van der Waals surface area contributed by atoms with Crippen molar-refractivity contribution >= 4 is 66.7 Å². The van der Waals surface area contributed by atoms with E-state index in [4.69, 9.17) is 9.31 Å². The summed E-state index contributed by atoms with van der Waals surface area (Å²) in [6.45, 7) is 10.6. The number of aryl methyl sites for hydroxylation is 1. The van der Waals surface area contributed by atoms with Crippen molar-refractivity contribution in [1.29, 1.82) is 0 Å². The van der Waals surface area contributed by atoms with E-state index in [1.54, 1.807) is 0 Å². The lowest BCUT2D eigenvalue weighted by Gasteiger charge is -2.32. The molecule has 200 valence electrons. The van der Waals surface area contributed by atoms with Crippen LogP contribution in [-0.2, 0) is 9.31 Å². The molecule has 1 aliphatic rings. The lowest BCUT2D eigenvalue weighted by atomic mass is 9.78. The average Bonchev–Trinajstić information content (AvgIpc) is 3.41. The van der Waals surface area contributed by atoms with Gasteiger partial charge >= 0.3 is 7.12 Å². The number of hydrogen-bond acceptors (Lipinski definition) is 2. The Kier molecular flexibility index (Phi) is 5.08. The van der Waals surface area contributed by atoms with Gasteiger partial charge in [0.25, 0.3) is 0 Å². The van der Waals surface area contributed by atoms with Gasteiger partial charge in [-0.1, -0.05) is 78.4 Å². The van der Waals surface area contributed by atoms with Crippen LogP contribution in [0.1, 0.15) is 33.3 Å². The van der Waals surface area contributed by atoms with Crippen molar-refractivity contribution in [2.24, 2.45) is 0 Å². The van der Waals surface area contributed by atoms with Crippen LogP contribution in [-0.4, -0.2) is 22.9 Å². The molecule has 0 spiro atoms. The Bertz CT molecular complexity index is 2140. The van der Waals surface area contributed by atoms with Gasteiger partial charge in [0.05, 0.1) is 22.2 Å². The van der Waals surface area contributed by atoms with Gasteiger partial charge in [0.2, 0.25) is 0 Å². The number of nitrogens with zero attached hydrogens (tertiary/aromatic N) is 1. The van der Waals surface area contributed by atoms with Gasteiger partial charge in [0.15, 0.2) is 0 Å². The summed E-state index contributed by atoms with van der Waals surface area (Å²) in [5, 5.41) is 10.2. The molecule has 0 atom stereocenters. The van der Waals surface area contributed by atoms with Crippen LogP contribution in [0.2, 0.25) is 0 Å². The summed E-state index contributed by atoms with van der Waals surface area (Å²) in [6.07, 6.45) is 0. The van der Waals surface area contributed by atoms with E-state index < -0.39 is 7.12 Å². The Balaban J connectivity index is 1.39. The zero-order valence-corrected chi connectivity index (χ0v) is 24.2. The number of benzene rings is 6. The molecule has 8 rings (SSSR count). The van der Waals surface area contributed by atoms with E-state index in [2.05, 4.69) is 142 Å². The third-order valence-electron chi connectivity index (χ3n) is 9.46. The molecule has 0 unspecified atom stereocenters. The summed E-state index contributed by atoms with van der Waals surface area (Å²) < 4.78 is 15.2. The van der Waals surface area contributed by atoms with E-state index in [1.165, 1.54) is 59.7 Å². The van der Waals surface area contributed by atoms with Crippen LogP contribution in [0.4, 0.5) is 0 Å². The second-order valence-electron chi connectivity index (χ2n) is 12.5. The molecule has 0 N–H and O–H groups in total. The minimum Gasteiger partial charge on any atom is -0.399 e. The molecule has 4 heteroatoms. The molecule has 41 heavy (non-hydrogen) atoms. The first-order chi connectivity index (χ1) is 19.7. The topological polar surface area (TPSA) is 23.4 Å². The molecule has 7 aromatic rings. The third kappa shape index (κ3) is 3.54. The van der Waals surface area contributed by atoms with Gasteiger partial charge < -0.3 is 13.9 Å². The van der Waals surface area contributed by atoms with E-state index in [9.17, 15) is 0 Å². The second-order valence-corrected chi connectivity index (χ2v) is 12.5. The molecule has 0 amide bonds. The Hall–Kier alpha value is -4.12. The first-order valence-electron chi connectivity index (χ1n) is 14.5. The van der Waals surface area contributed by atoms with Crippen LogP contribution in [0.5, 0.6) is 0 Å². The summed E-state index contributed by atoms with van der Waals surface area (Å²) in [7, 11) is -0.395. The monoisotopic (exact) mass is 533 g/mol. The van der Waals surface area contributed by atoms with Gasteiger partial charge in [-0.3, -0.25) is 0 Å². The normalized spacial score (nSPS) is 16.6. The average molecular weight is 533 g/mol. The van der Waals surface area contributed by atoms with E-state index in [-0.39, 0.29) is 11.2 Å². The molecule has 2 heterocycles. The molecule has 1 saturated heterocycles. The summed E-state index contributed by atoms with van der Waals surface area (Å²) >= 11 is 0. The highest BCUT2D eigenvalue weighted by molar-refractivity contribution is 6.62. The van der Waals surface area contributed by atoms with E-state index >= 15 is 0 Å². The maximum atomic E-state index is 6.42. The molecular formula is C37H32BNO2. The molecule has 1 aliphatic heterocycles. The SMILES string of the molecule is Cc1ccc2c(c1)c1cc(B3OC(C)(C)C(C)(C)O3)ccc1n2-c1ccc2c3ccccc3c3ccccc3c2c1. The van der Waals surface area contributed by atoms with Crippen molar-refractivity contribution in [2.75, 3.05) is 0 Å². The lowest BCUT2D eigenvalue weighted by Crippen LogP contribution is -2.41. The van der Waals surface area contributed by atoms with Gasteiger partial charge in [-0.25, -0.2) is 0 Å². The fourth-order valence-corrected chi connectivity index (χ4v) is 6.59. The van der Waals surface area contributed by atoms with Crippen LogP contribution in [0.3, 0.4) is 0 Å². The number of fused-ring (bicyclic) bond motifs is 9. The second kappa shape index (κ2) is 8.45. The largest absolute Gasteiger partial charge is 0.494 e. The zero-order chi connectivity index (χ0) is 28.1. The van der Waals surface area contributed by atoms with Crippen LogP contribution in [0.15, 0.2) is 103 Å². The predicted molar refractivity (Wildman–Crippen MR) is 174 cm³/mol. The molecule has 0 radical (unpaired) electrons. The van der Waals surface area contributed by atoms with Crippen molar-refractivity contribution in [1.82, 2.24) is 4.57 Å². The predicted octanol–water partition coefficient (Wildman–Crippen LogP) is 8.85.